The number of nitrogens with zero attached hydrogens (tertiary/aromatic N) is 1. The van der Waals surface area contributed by atoms with E-state index in [1.807, 2.05) is 0 Å². The van der Waals surface area contributed by atoms with Gasteiger partial charge in [-0.2, -0.15) is 0 Å². The molecule has 2 aliphatic rings. The van der Waals surface area contributed by atoms with Crippen LogP contribution in [0.1, 0.15) is 26.2 Å². The SMILES string of the molecule is CCC1CCCN1C1CNC1. The van der Waals surface area contributed by atoms with Crippen molar-refractivity contribution in [2.24, 2.45) is 0 Å². The maximum absolute atomic E-state index is 3.34. The maximum atomic E-state index is 3.34. The second kappa shape index (κ2) is 3.11. The van der Waals surface area contributed by atoms with E-state index in [0.29, 0.717) is 0 Å². The number of hydrogen-bond acceptors (Lipinski definition) is 2. The average Bonchev–Trinajstić information content (AvgIpc) is 2.32. The lowest BCUT2D eigenvalue weighted by molar-refractivity contribution is 0.129. The zero-order chi connectivity index (χ0) is 7.68. The molecule has 0 saturated carbocycles. The molecule has 2 heterocycles. The summed E-state index contributed by atoms with van der Waals surface area (Å²) in [6, 6.07) is 1.78. The van der Waals surface area contributed by atoms with Gasteiger partial charge >= 0.3 is 0 Å². The fourth-order valence-electron chi connectivity index (χ4n) is 2.29. The minimum absolute atomic E-state index is 0.877. The average molecular weight is 154 g/mol. The van der Waals surface area contributed by atoms with Crippen molar-refractivity contribution in [1.82, 2.24) is 10.2 Å². The van der Waals surface area contributed by atoms with Crippen molar-refractivity contribution in [3.05, 3.63) is 0 Å². The summed E-state index contributed by atoms with van der Waals surface area (Å²) < 4.78 is 0. The van der Waals surface area contributed by atoms with Gasteiger partial charge in [0.1, 0.15) is 0 Å². The van der Waals surface area contributed by atoms with Crippen molar-refractivity contribution < 1.29 is 0 Å². The molecule has 0 aromatic carbocycles. The van der Waals surface area contributed by atoms with Gasteiger partial charge in [-0.05, 0) is 25.8 Å². The molecule has 1 N–H and O–H groups in total. The van der Waals surface area contributed by atoms with E-state index < -0.39 is 0 Å². The van der Waals surface area contributed by atoms with E-state index in [9.17, 15) is 0 Å². The molecule has 1 unspecified atom stereocenters. The normalized spacial score (nSPS) is 34.1. The maximum Gasteiger partial charge on any atom is 0.0348 e. The highest BCUT2D eigenvalue weighted by molar-refractivity contribution is 4.91. The third-order valence-corrected chi connectivity index (χ3v) is 3.12. The zero-order valence-corrected chi connectivity index (χ0v) is 7.34. The second-order valence-corrected chi connectivity index (χ2v) is 3.75. The summed E-state index contributed by atoms with van der Waals surface area (Å²) in [5, 5.41) is 3.34. The molecule has 0 aliphatic carbocycles. The van der Waals surface area contributed by atoms with Gasteiger partial charge in [-0.3, -0.25) is 4.90 Å². The van der Waals surface area contributed by atoms with Crippen molar-refractivity contribution in [1.29, 1.82) is 0 Å². The van der Waals surface area contributed by atoms with Gasteiger partial charge in [-0.1, -0.05) is 6.92 Å². The minimum atomic E-state index is 0.877. The fraction of sp³-hybridized carbons (Fsp3) is 1.00. The van der Waals surface area contributed by atoms with Crippen molar-refractivity contribution in [2.45, 2.75) is 38.3 Å². The van der Waals surface area contributed by atoms with Crippen LogP contribution in [-0.2, 0) is 0 Å². The molecule has 0 radical (unpaired) electrons. The van der Waals surface area contributed by atoms with E-state index in [1.54, 1.807) is 0 Å². The van der Waals surface area contributed by atoms with Crippen LogP contribution in [-0.4, -0.2) is 36.6 Å². The van der Waals surface area contributed by atoms with Crippen LogP contribution in [0.5, 0.6) is 0 Å². The Morgan fingerprint density at radius 3 is 2.82 bits per heavy atom. The van der Waals surface area contributed by atoms with E-state index in [1.165, 1.54) is 38.9 Å². The molecule has 0 spiro atoms. The van der Waals surface area contributed by atoms with Crippen LogP contribution in [0.3, 0.4) is 0 Å². The second-order valence-electron chi connectivity index (χ2n) is 3.75. The Labute approximate surface area is 69.0 Å². The summed E-state index contributed by atoms with van der Waals surface area (Å²) >= 11 is 0. The number of nitrogens with one attached hydrogen (secondary N) is 1. The first-order valence-corrected chi connectivity index (χ1v) is 4.88. The summed E-state index contributed by atoms with van der Waals surface area (Å²) in [5.41, 5.74) is 0. The Kier molecular flexibility index (Phi) is 2.14. The highest BCUT2D eigenvalue weighted by Crippen LogP contribution is 2.23. The molecule has 64 valence electrons. The number of rotatable bonds is 2. The van der Waals surface area contributed by atoms with Gasteiger partial charge in [-0.15, -0.1) is 0 Å². The smallest absolute Gasteiger partial charge is 0.0348 e. The van der Waals surface area contributed by atoms with Crippen molar-refractivity contribution in [3.8, 4) is 0 Å². The van der Waals surface area contributed by atoms with E-state index in [2.05, 4.69) is 17.1 Å². The van der Waals surface area contributed by atoms with Crippen LogP contribution in [0, 0.1) is 0 Å². The Morgan fingerprint density at radius 2 is 2.27 bits per heavy atom. The quantitative estimate of drug-likeness (QED) is 0.634. The van der Waals surface area contributed by atoms with E-state index in [0.717, 1.165) is 12.1 Å². The predicted molar refractivity (Wildman–Crippen MR) is 46.7 cm³/mol. The van der Waals surface area contributed by atoms with Crippen LogP contribution >= 0.6 is 0 Å². The van der Waals surface area contributed by atoms with Crippen LogP contribution < -0.4 is 5.32 Å². The largest absolute Gasteiger partial charge is 0.314 e. The predicted octanol–water partition coefficient (Wildman–Crippen LogP) is 0.833. The van der Waals surface area contributed by atoms with Gasteiger partial charge in [0.15, 0.2) is 0 Å². The standard InChI is InChI=1S/C9H18N2/c1-2-8-4-3-5-11(8)9-6-10-7-9/h8-10H,2-7H2,1H3. The monoisotopic (exact) mass is 154 g/mol. The van der Waals surface area contributed by atoms with Crippen molar-refractivity contribution >= 4 is 0 Å². The minimum Gasteiger partial charge on any atom is -0.314 e. The first kappa shape index (κ1) is 7.56. The van der Waals surface area contributed by atoms with Crippen LogP contribution in [0.2, 0.25) is 0 Å². The summed E-state index contributed by atoms with van der Waals surface area (Å²) in [4.78, 5) is 2.70. The molecule has 1 atom stereocenters. The van der Waals surface area contributed by atoms with Gasteiger partial charge in [-0.25, -0.2) is 0 Å². The molecule has 2 heteroatoms. The lowest BCUT2D eigenvalue weighted by Crippen LogP contribution is -2.58. The molecule has 2 rings (SSSR count). The molecule has 0 amide bonds. The Hall–Kier alpha value is -0.0800. The molecule has 2 saturated heterocycles. The zero-order valence-electron chi connectivity index (χ0n) is 7.34. The molecule has 2 nitrogen and oxygen atoms in total. The van der Waals surface area contributed by atoms with Crippen LogP contribution in [0.4, 0.5) is 0 Å². The van der Waals surface area contributed by atoms with Gasteiger partial charge < -0.3 is 5.32 Å². The topological polar surface area (TPSA) is 15.3 Å². The first-order valence-electron chi connectivity index (χ1n) is 4.88. The van der Waals surface area contributed by atoms with Gasteiger partial charge in [0.25, 0.3) is 0 Å². The van der Waals surface area contributed by atoms with Crippen LogP contribution in [0.15, 0.2) is 0 Å². The van der Waals surface area contributed by atoms with Crippen molar-refractivity contribution in [3.63, 3.8) is 0 Å². The lowest BCUT2D eigenvalue weighted by atomic mass is 10.1. The molecule has 0 aromatic heterocycles. The summed E-state index contributed by atoms with van der Waals surface area (Å²) in [6.45, 7) is 6.13. The molecule has 2 aliphatic heterocycles. The third kappa shape index (κ3) is 1.30. The Bertz CT molecular complexity index is 132. The van der Waals surface area contributed by atoms with Crippen LogP contribution in [0.25, 0.3) is 0 Å². The third-order valence-electron chi connectivity index (χ3n) is 3.12. The molecule has 11 heavy (non-hydrogen) atoms. The van der Waals surface area contributed by atoms with E-state index >= 15 is 0 Å². The summed E-state index contributed by atoms with van der Waals surface area (Å²) in [7, 11) is 0. The fourth-order valence-corrected chi connectivity index (χ4v) is 2.29. The molecular weight excluding hydrogens is 136 g/mol. The number of likely N-dealkylation sites (tertiary alicyclic amines) is 1. The summed E-state index contributed by atoms with van der Waals surface area (Å²) in [5.74, 6) is 0. The van der Waals surface area contributed by atoms with E-state index in [-0.39, 0.29) is 0 Å². The molecule has 0 bridgehead atoms. The van der Waals surface area contributed by atoms with Gasteiger partial charge in [0.2, 0.25) is 0 Å². The molecular formula is C9H18N2. The van der Waals surface area contributed by atoms with Gasteiger partial charge in [0, 0.05) is 25.2 Å². The Morgan fingerprint density at radius 1 is 1.45 bits per heavy atom. The molecule has 2 fully saturated rings. The van der Waals surface area contributed by atoms with Crippen molar-refractivity contribution in [2.75, 3.05) is 19.6 Å². The summed E-state index contributed by atoms with van der Waals surface area (Å²) in [6.07, 6.45) is 4.21. The Balaban J connectivity index is 1.89. The first-order chi connectivity index (χ1) is 5.42. The number of hydrogen-bond donors (Lipinski definition) is 1. The highest BCUT2D eigenvalue weighted by atomic mass is 15.3. The van der Waals surface area contributed by atoms with Gasteiger partial charge in [0.05, 0.1) is 0 Å². The van der Waals surface area contributed by atoms with E-state index in [4.69, 9.17) is 0 Å². The highest BCUT2D eigenvalue weighted by Gasteiger charge is 2.32. The molecule has 0 aromatic rings. The lowest BCUT2D eigenvalue weighted by Gasteiger charge is -2.39.